The van der Waals surface area contributed by atoms with E-state index in [4.69, 9.17) is 12.2 Å². The van der Waals surface area contributed by atoms with Crippen molar-refractivity contribution in [3.05, 3.63) is 67.6 Å². The molecule has 1 amide bonds. The van der Waals surface area contributed by atoms with Crippen LogP contribution in [0.5, 0.6) is 0 Å². The first-order chi connectivity index (χ1) is 14.8. The van der Waals surface area contributed by atoms with Gasteiger partial charge in [0, 0.05) is 6.07 Å². The molecular weight excluding hydrogens is 509 g/mol. The Labute approximate surface area is 187 Å². The topological polar surface area (TPSA) is 72.2 Å². The number of nitrogens with one attached hydrogen (secondary N) is 1. The van der Waals surface area contributed by atoms with Crippen molar-refractivity contribution in [2.24, 2.45) is 0 Å². The Balaban J connectivity index is 2.07. The van der Waals surface area contributed by atoms with E-state index in [2.05, 4.69) is 5.32 Å². The molecule has 0 saturated carbocycles. The quantitative estimate of drug-likeness (QED) is 0.139. The van der Waals surface area contributed by atoms with Crippen molar-refractivity contribution >= 4 is 57.7 Å². The molecule has 1 aliphatic heterocycles. The molecule has 15 heteroatoms. The van der Waals surface area contributed by atoms with Crippen LogP contribution in [0.1, 0.15) is 11.1 Å². The number of halogens is 7. The minimum Gasteiger partial charge on any atom is -0.307 e. The number of carbonyl (C=O) groups is 1. The van der Waals surface area contributed by atoms with Crippen molar-refractivity contribution in [1.82, 2.24) is 5.32 Å². The van der Waals surface area contributed by atoms with E-state index in [-0.39, 0.29) is 26.6 Å². The summed E-state index contributed by atoms with van der Waals surface area (Å²) in [5, 5.41) is 13.7. The fourth-order valence-corrected chi connectivity index (χ4v) is 4.48. The van der Waals surface area contributed by atoms with Gasteiger partial charge in [0.1, 0.15) is 9.88 Å². The Morgan fingerprint density at radius 3 is 2.16 bits per heavy atom. The molecule has 1 saturated heterocycles. The number of nitro groups is 1. The van der Waals surface area contributed by atoms with Crippen LogP contribution in [0.3, 0.4) is 0 Å². The van der Waals surface area contributed by atoms with E-state index in [1.54, 1.807) is 0 Å². The molecular formula is C17H5F7N2O3S3. The average Bonchev–Trinajstić information content (AvgIpc) is 3.00. The Morgan fingerprint density at radius 2 is 1.69 bits per heavy atom. The van der Waals surface area contributed by atoms with Gasteiger partial charge in [-0.05, 0) is 17.7 Å². The van der Waals surface area contributed by atoms with E-state index in [1.165, 1.54) is 12.1 Å². The van der Waals surface area contributed by atoms with Crippen LogP contribution in [-0.4, -0.2) is 15.2 Å². The van der Waals surface area contributed by atoms with Crippen LogP contribution in [0, 0.1) is 33.4 Å². The molecule has 168 valence electrons. The van der Waals surface area contributed by atoms with Gasteiger partial charge >= 0.3 is 6.18 Å². The molecule has 1 fully saturated rings. The van der Waals surface area contributed by atoms with Crippen molar-refractivity contribution in [2.45, 2.75) is 16.0 Å². The van der Waals surface area contributed by atoms with Gasteiger partial charge in [0.25, 0.3) is 11.6 Å². The van der Waals surface area contributed by atoms with E-state index in [1.807, 2.05) is 0 Å². The largest absolute Gasteiger partial charge is 0.422 e. The number of thiocarbonyl (C=S) groups is 1. The highest BCUT2D eigenvalue weighted by molar-refractivity contribution is 8.26. The summed E-state index contributed by atoms with van der Waals surface area (Å²) in [4.78, 5) is 20.2. The van der Waals surface area contributed by atoms with Gasteiger partial charge < -0.3 is 5.32 Å². The molecule has 0 aromatic heterocycles. The number of rotatable bonds is 4. The summed E-state index contributed by atoms with van der Waals surface area (Å²) in [5.41, 5.74) is -3.43. The lowest BCUT2D eigenvalue weighted by Crippen LogP contribution is -2.17. The Bertz CT molecular complexity index is 1190. The van der Waals surface area contributed by atoms with E-state index >= 15 is 0 Å². The van der Waals surface area contributed by atoms with Gasteiger partial charge in [-0.2, -0.15) is 13.2 Å². The molecule has 0 bridgehead atoms. The molecule has 0 radical (unpaired) electrons. The van der Waals surface area contributed by atoms with Gasteiger partial charge in [-0.1, -0.05) is 41.8 Å². The summed E-state index contributed by atoms with van der Waals surface area (Å²) < 4.78 is 94.2. The van der Waals surface area contributed by atoms with E-state index in [9.17, 15) is 45.6 Å². The van der Waals surface area contributed by atoms with Gasteiger partial charge in [-0.25, -0.2) is 17.6 Å². The van der Waals surface area contributed by atoms with Crippen molar-refractivity contribution in [3.8, 4) is 0 Å². The van der Waals surface area contributed by atoms with Crippen molar-refractivity contribution in [2.75, 3.05) is 0 Å². The minimum atomic E-state index is -5.72. The lowest BCUT2D eigenvalue weighted by molar-refractivity contribution is -0.387. The molecule has 2 aromatic carbocycles. The number of hydrogen-bond donors (Lipinski definition) is 1. The van der Waals surface area contributed by atoms with Crippen molar-refractivity contribution in [1.29, 1.82) is 0 Å². The molecule has 1 N–H and O–H groups in total. The van der Waals surface area contributed by atoms with Gasteiger partial charge in [0.2, 0.25) is 0 Å². The molecule has 2 aromatic rings. The third-order valence-corrected chi connectivity index (χ3v) is 6.13. The number of nitrogens with zero attached hydrogens (tertiary/aromatic N) is 1. The van der Waals surface area contributed by atoms with Gasteiger partial charge in [-0.3, -0.25) is 14.9 Å². The van der Waals surface area contributed by atoms with Gasteiger partial charge in [-0.15, -0.1) is 0 Å². The molecule has 0 atom stereocenters. The van der Waals surface area contributed by atoms with Crippen LogP contribution in [0.2, 0.25) is 0 Å². The average molecular weight is 514 g/mol. The number of hydrogen-bond acceptors (Lipinski definition) is 6. The normalized spacial score (nSPS) is 15.4. The van der Waals surface area contributed by atoms with Crippen LogP contribution in [-0.2, 0) is 11.0 Å². The summed E-state index contributed by atoms with van der Waals surface area (Å²) in [5.74, 6) is -10.6. The maximum absolute atomic E-state index is 14.1. The summed E-state index contributed by atoms with van der Waals surface area (Å²) in [6.45, 7) is 0. The summed E-state index contributed by atoms with van der Waals surface area (Å²) in [7, 11) is 0. The lowest BCUT2D eigenvalue weighted by Gasteiger charge is -2.14. The number of thioether (sulfide) groups is 1. The highest BCUT2D eigenvalue weighted by Crippen LogP contribution is 2.43. The summed E-state index contributed by atoms with van der Waals surface area (Å²) in [6.07, 6.45) is -4.48. The first-order valence-corrected chi connectivity index (χ1v) is 9.99. The first kappa shape index (κ1) is 24.0. The molecule has 1 heterocycles. The van der Waals surface area contributed by atoms with E-state index in [0.29, 0.717) is 0 Å². The SMILES string of the molecule is O=C1NC(=S)S/C1=C\c1ccc(Sc2c(F)c(F)c(C(F)(F)F)c(F)c2F)c([N+](=O)[O-])c1. The second-order valence-electron chi connectivity index (χ2n) is 5.90. The Hall–Kier alpha value is -2.65. The van der Waals surface area contributed by atoms with Crippen LogP contribution in [0.15, 0.2) is 32.9 Å². The number of benzene rings is 2. The van der Waals surface area contributed by atoms with Crippen molar-refractivity contribution < 1.29 is 40.5 Å². The van der Waals surface area contributed by atoms with Crippen LogP contribution in [0.25, 0.3) is 6.08 Å². The number of alkyl halides is 3. The second kappa shape index (κ2) is 8.71. The lowest BCUT2D eigenvalue weighted by atomic mass is 10.1. The standard InChI is InChI=1S/C17H5F7N2O3S3/c18-10-9(17(22,23)24)11(19)13(21)14(12(10)20)31-7-2-1-5(3-6(7)26(28)29)4-8-15(27)25-16(30)32-8/h1-4H,(H,25,27,30)/b8-4-. The maximum atomic E-state index is 14.1. The van der Waals surface area contributed by atoms with Crippen LogP contribution in [0.4, 0.5) is 36.4 Å². The fraction of sp³-hybridized carbons (Fsp3) is 0.0588. The summed E-state index contributed by atoms with van der Waals surface area (Å²) >= 11 is 5.52. The van der Waals surface area contributed by atoms with E-state index in [0.717, 1.165) is 23.9 Å². The zero-order valence-electron chi connectivity index (χ0n) is 14.9. The van der Waals surface area contributed by atoms with Crippen LogP contribution < -0.4 is 5.32 Å². The molecule has 5 nitrogen and oxygen atoms in total. The molecule has 3 rings (SSSR count). The number of carbonyl (C=O) groups excluding carboxylic acids is 1. The number of amides is 1. The smallest absolute Gasteiger partial charge is 0.307 e. The first-order valence-electron chi connectivity index (χ1n) is 7.95. The fourth-order valence-electron chi connectivity index (χ4n) is 2.49. The zero-order valence-corrected chi connectivity index (χ0v) is 17.3. The van der Waals surface area contributed by atoms with E-state index < -0.39 is 61.3 Å². The molecule has 0 unspecified atom stereocenters. The highest BCUT2D eigenvalue weighted by atomic mass is 32.2. The Kier molecular flexibility index (Phi) is 6.53. The molecule has 1 aliphatic rings. The van der Waals surface area contributed by atoms with Gasteiger partial charge in [0.15, 0.2) is 23.3 Å². The predicted octanol–water partition coefficient (Wildman–Crippen LogP) is 5.81. The van der Waals surface area contributed by atoms with Gasteiger partial charge in [0.05, 0.1) is 19.6 Å². The molecule has 0 aliphatic carbocycles. The second-order valence-corrected chi connectivity index (χ2v) is 8.67. The highest BCUT2D eigenvalue weighted by Gasteiger charge is 2.42. The minimum absolute atomic E-state index is 0.105. The summed E-state index contributed by atoms with van der Waals surface area (Å²) in [6, 6.07) is 3.04. The Morgan fingerprint density at radius 1 is 1.09 bits per heavy atom. The maximum Gasteiger partial charge on any atom is 0.422 e. The molecule has 0 spiro atoms. The third kappa shape index (κ3) is 4.59. The predicted molar refractivity (Wildman–Crippen MR) is 105 cm³/mol. The van der Waals surface area contributed by atoms with Crippen LogP contribution >= 0.6 is 35.7 Å². The van der Waals surface area contributed by atoms with Crippen molar-refractivity contribution in [3.63, 3.8) is 0 Å². The third-order valence-electron chi connectivity index (χ3n) is 3.84. The number of nitro benzene ring substituents is 1. The molecule has 32 heavy (non-hydrogen) atoms. The zero-order chi connectivity index (χ0) is 24.0. The monoisotopic (exact) mass is 514 g/mol.